The van der Waals surface area contributed by atoms with Gasteiger partial charge >= 0.3 is 0 Å². The van der Waals surface area contributed by atoms with Gasteiger partial charge in [0.05, 0.1) is 6.04 Å². The summed E-state index contributed by atoms with van der Waals surface area (Å²) in [5.74, 6) is 1.74. The largest absolute Gasteiger partial charge is 0.466 e. The Morgan fingerprint density at radius 3 is 1.82 bits per heavy atom. The topological polar surface area (TPSA) is 39.9 Å². The van der Waals surface area contributed by atoms with Crippen molar-refractivity contribution < 1.29 is 9.52 Å². The number of hydrogen-bond acceptors (Lipinski definition) is 4. The first kappa shape index (κ1) is 18.9. The van der Waals surface area contributed by atoms with Gasteiger partial charge < -0.3 is 9.52 Å². The number of aliphatic hydroxyl groups excluding tert-OH is 1. The van der Waals surface area contributed by atoms with Crippen molar-refractivity contribution in [2.45, 2.75) is 25.6 Å². The van der Waals surface area contributed by atoms with E-state index in [9.17, 15) is 5.11 Å². The van der Waals surface area contributed by atoms with Crippen LogP contribution in [0.3, 0.4) is 0 Å². The van der Waals surface area contributed by atoms with Crippen molar-refractivity contribution in [3.8, 4) is 0 Å². The molecular weight excluding hydrogens is 348 g/mol. The van der Waals surface area contributed by atoms with Crippen molar-refractivity contribution in [1.82, 2.24) is 9.80 Å². The van der Waals surface area contributed by atoms with Crippen molar-refractivity contribution >= 4 is 0 Å². The molecule has 2 heterocycles. The molecule has 0 saturated carbocycles. The molecule has 1 aliphatic rings. The van der Waals surface area contributed by atoms with E-state index in [0.29, 0.717) is 6.42 Å². The third kappa shape index (κ3) is 4.36. The molecule has 146 valence electrons. The highest BCUT2D eigenvalue weighted by Gasteiger charge is 2.28. The molecule has 0 aliphatic carbocycles. The van der Waals surface area contributed by atoms with Crippen molar-refractivity contribution in [2.24, 2.45) is 0 Å². The molecule has 1 saturated heterocycles. The van der Waals surface area contributed by atoms with Gasteiger partial charge in [0, 0.05) is 32.6 Å². The molecule has 1 atom stereocenters. The molecule has 0 amide bonds. The van der Waals surface area contributed by atoms with E-state index < -0.39 is 6.23 Å². The Bertz CT molecular complexity index is 815. The first-order valence-corrected chi connectivity index (χ1v) is 10.0. The molecule has 1 fully saturated rings. The maximum Gasteiger partial charge on any atom is 0.114 e. The Labute approximate surface area is 167 Å². The monoisotopic (exact) mass is 376 g/mol. The minimum atomic E-state index is -0.500. The van der Waals surface area contributed by atoms with Crippen molar-refractivity contribution in [2.75, 3.05) is 26.2 Å². The maximum absolute atomic E-state index is 10.6. The van der Waals surface area contributed by atoms with E-state index in [-0.39, 0.29) is 6.04 Å². The molecule has 1 unspecified atom stereocenters. The van der Waals surface area contributed by atoms with Crippen LogP contribution >= 0.6 is 0 Å². The Kier molecular flexibility index (Phi) is 5.91. The maximum atomic E-state index is 10.6. The number of benzene rings is 2. The fraction of sp³-hybridized carbons (Fsp3) is 0.333. The molecule has 1 aliphatic heterocycles. The Morgan fingerprint density at radius 2 is 1.32 bits per heavy atom. The minimum Gasteiger partial charge on any atom is -0.466 e. The number of hydrogen-bond donors (Lipinski definition) is 1. The predicted octanol–water partition coefficient (Wildman–Crippen LogP) is 3.86. The molecule has 0 radical (unpaired) electrons. The van der Waals surface area contributed by atoms with Crippen molar-refractivity contribution in [1.29, 1.82) is 0 Å². The smallest absolute Gasteiger partial charge is 0.114 e. The lowest BCUT2D eigenvalue weighted by Crippen LogP contribution is -2.51. The molecule has 28 heavy (non-hydrogen) atoms. The van der Waals surface area contributed by atoms with Gasteiger partial charge in [0.25, 0.3) is 0 Å². The van der Waals surface area contributed by atoms with E-state index in [1.165, 1.54) is 11.1 Å². The second kappa shape index (κ2) is 8.74. The highest BCUT2D eigenvalue weighted by Crippen LogP contribution is 2.29. The Morgan fingerprint density at radius 1 is 0.786 bits per heavy atom. The summed E-state index contributed by atoms with van der Waals surface area (Å²) in [6.45, 7) is 5.46. The lowest BCUT2D eigenvalue weighted by atomic mass is 9.96. The van der Waals surface area contributed by atoms with Crippen LogP contribution in [0.4, 0.5) is 0 Å². The van der Waals surface area contributed by atoms with Gasteiger partial charge in [0.1, 0.15) is 17.7 Å². The molecule has 0 bridgehead atoms. The van der Waals surface area contributed by atoms with Gasteiger partial charge in [-0.1, -0.05) is 60.7 Å². The summed E-state index contributed by atoms with van der Waals surface area (Å²) >= 11 is 0. The second-order valence-electron chi connectivity index (χ2n) is 7.49. The molecule has 3 aromatic rings. The molecule has 4 nitrogen and oxygen atoms in total. The second-order valence-corrected chi connectivity index (χ2v) is 7.49. The zero-order chi connectivity index (χ0) is 19.3. The van der Waals surface area contributed by atoms with Gasteiger partial charge in [0.2, 0.25) is 0 Å². The molecule has 1 N–H and O–H groups in total. The summed E-state index contributed by atoms with van der Waals surface area (Å²) in [5.41, 5.74) is 2.63. The van der Waals surface area contributed by atoms with Gasteiger partial charge in [-0.25, -0.2) is 0 Å². The average Bonchev–Trinajstić information content (AvgIpc) is 3.15. The van der Waals surface area contributed by atoms with Gasteiger partial charge in [-0.05, 0) is 30.2 Å². The van der Waals surface area contributed by atoms with Crippen LogP contribution in [0.25, 0.3) is 0 Å². The first-order valence-electron chi connectivity index (χ1n) is 10.0. The van der Waals surface area contributed by atoms with Gasteiger partial charge in [-0.3, -0.25) is 9.80 Å². The molecular formula is C24H28N2O2. The van der Waals surface area contributed by atoms with E-state index in [1.807, 2.05) is 19.1 Å². The zero-order valence-corrected chi connectivity index (χ0v) is 16.4. The summed E-state index contributed by atoms with van der Waals surface area (Å²) in [6.07, 6.45) is 0.0360. The van der Waals surface area contributed by atoms with Crippen LogP contribution in [0, 0.1) is 6.92 Å². The predicted molar refractivity (Wildman–Crippen MR) is 111 cm³/mol. The SMILES string of the molecule is Cc1ccc(CC(O)N2CCN(C(c3ccccc3)c3ccccc3)CC2)o1. The van der Waals surface area contributed by atoms with Crippen LogP contribution in [0.15, 0.2) is 77.2 Å². The fourth-order valence-electron chi connectivity index (χ4n) is 4.08. The summed E-state index contributed by atoms with van der Waals surface area (Å²) in [5, 5.41) is 10.6. The van der Waals surface area contributed by atoms with Crippen LogP contribution in [0.1, 0.15) is 28.7 Å². The highest BCUT2D eigenvalue weighted by molar-refractivity contribution is 5.32. The normalized spacial score (nSPS) is 17.1. The minimum absolute atomic E-state index is 0.245. The molecule has 4 rings (SSSR count). The molecule has 2 aromatic carbocycles. The number of aryl methyl sites for hydroxylation is 1. The third-order valence-electron chi connectivity index (χ3n) is 5.55. The van der Waals surface area contributed by atoms with Crippen molar-refractivity contribution in [3.63, 3.8) is 0 Å². The van der Waals surface area contributed by atoms with E-state index in [0.717, 1.165) is 37.7 Å². The molecule has 4 heteroatoms. The first-order chi connectivity index (χ1) is 13.7. The quantitative estimate of drug-likeness (QED) is 0.709. The van der Waals surface area contributed by atoms with Crippen LogP contribution in [-0.2, 0) is 6.42 Å². The third-order valence-corrected chi connectivity index (χ3v) is 5.55. The van der Waals surface area contributed by atoms with Gasteiger partial charge in [-0.2, -0.15) is 0 Å². The van der Waals surface area contributed by atoms with Crippen molar-refractivity contribution in [3.05, 3.63) is 95.4 Å². The van der Waals surface area contributed by atoms with Gasteiger partial charge in [-0.15, -0.1) is 0 Å². The number of rotatable bonds is 6. The Hall–Kier alpha value is -2.40. The summed E-state index contributed by atoms with van der Waals surface area (Å²) < 4.78 is 5.62. The lowest BCUT2D eigenvalue weighted by Gasteiger charge is -2.41. The van der Waals surface area contributed by atoms with Crippen LogP contribution in [-0.4, -0.2) is 47.3 Å². The van der Waals surface area contributed by atoms with Crippen LogP contribution < -0.4 is 0 Å². The Balaban J connectivity index is 1.44. The van der Waals surface area contributed by atoms with E-state index in [4.69, 9.17) is 4.42 Å². The van der Waals surface area contributed by atoms with E-state index in [2.05, 4.69) is 70.5 Å². The van der Waals surface area contributed by atoms with E-state index in [1.54, 1.807) is 0 Å². The standard InChI is InChI=1S/C24H28N2O2/c1-19-12-13-22(28-19)18-23(27)25-14-16-26(17-15-25)24(20-8-4-2-5-9-20)21-10-6-3-7-11-21/h2-13,23-24,27H,14-18H2,1H3. The van der Waals surface area contributed by atoms with Gasteiger partial charge in [0.15, 0.2) is 0 Å². The van der Waals surface area contributed by atoms with E-state index >= 15 is 0 Å². The summed E-state index contributed by atoms with van der Waals surface area (Å²) in [6, 6.07) is 25.5. The van der Waals surface area contributed by atoms with Crippen LogP contribution in [0.2, 0.25) is 0 Å². The lowest BCUT2D eigenvalue weighted by molar-refractivity contribution is -0.0316. The number of aliphatic hydroxyl groups is 1. The molecule has 0 spiro atoms. The zero-order valence-electron chi connectivity index (χ0n) is 16.4. The summed E-state index contributed by atoms with van der Waals surface area (Å²) in [4.78, 5) is 4.67. The number of nitrogens with zero attached hydrogens (tertiary/aromatic N) is 2. The average molecular weight is 377 g/mol. The number of piperazine rings is 1. The highest BCUT2D eigenvalue weighted by atomic mass is 16.3. The number of furan rings is 1. The fourth-order valence-corrected chi connectivity index (χ4v) is 4.08. The van der Waals surface area contributed by atoms with Crippen LogP contribution in [0.5, 0.6) is 0 Å². The molecule has 1 aromatic heterocycles. The summed E-state index contributed by atoms with van der Waals surface area (Å²) in [7, 11) is 0.